The summed E-state index contributed by atoms with van der Waals surface area (Å²) in [4.78, 5) is 18.8. The first kappa shape index (κ1) is 14.9. The fraction of sp³-hybridized carbons (Fsp3) is 0.600. The molecule has 0 saturated carbocycles. The minimum atomic E-state index is -0.483. The molecule has 20 heavy (non-hydrogen) atoms. The Hall–Kier alpha value is -1.46. The summed E-state index contributed by atoms with van der Waals surface area (Å²) in [5.41, 5.74) is 0.591. The van der Waals surface area contributed by atoms with Gasteiger partial charge < -0.3 is 10.6 Å². The average Bonchev–Trinajstić information content (AvgIpc) is 2.49. The maximum absolute atomic E-state index is 12.6. The van der Waals surface area contributed by atoms with Crippen molar-refractivity contribution in [2.45, 2.75) is 32.4 Å². The fourth-order valence-corrected chi connectivity index (χ4v) is 2.48. The standard InChI is InChI=1S/C15H24N4O/c1-12(13-4-6-16-7-5-13)18-14(20)15(2,3)19-10-8-17-9-11-19/h4-7,12,17H,8-11H2,1-3H3,(H,18,20)/t12-/m1/s1. The molecular formula is C15H24N4O. The van der Waals surface area contributed by atoms with Crippen molar-refractivity contribution in [2.75, 3.05) is 26.2 Å². The second-order valence-electron chi connectivity index (χ2n) is 5.77. The Balaban J connectivity index is 1.99. The number of nitrogens with one attached hydrogen (secondary N) is 2. The molecule has 2 heterocycles. The molecule has 0 aliphatic carbocycles. The lowest BCUT2D eigenvalue weighted by Gasteiger charge is -2.40. The third-order valence-corrected chi connectivity index (χ3v) is 4.02. The summed E-state index contributed by atoms with van der Waals surface area (Å²) in [5, 5.41) is 6.42. The van der Waals surface area contributed by atoms with Crippen LogP contribution >= 0.6 is 0 Å². The van der Waals surface area contributed by atoms with Crippen LogP contribution in [0.5, 0.6) is 0 Å². The van der Waals surface area contributed by atoms with Crippen LogP contribution in [-0.4, -0.2) is 47.5 Å². The SMILES string of the molecule is C[C@@H](NC(=O)C(C)(C)N1CCNCC1)c1ccncc1. The van der Waals surface area contributed by atoms with Crippen molar-refractivity contribution in [3.05, 3.63) is 30.1 Å². The van der Waals surface area contributed by atoms with E-state index in [9.17, 15) is 4.79 Å². The van der Waals surface area contributed by atoms with Crippen molar-refractivity contribution < 1.29 is 4.79 Å². The van der Waals surface area contributed by atoms with Gasteiger partial charge in [0, 0.05) is 38.6 Å². The van der Waals surface area contributed by atoms with Crippen molar-refractivity contribution in [3.63, 3.8) is 0 Å². The van der Waals surface area contributed by atoms with Crippen molar-refractivity contribution in [1.82, 2.24) is 20.5 Å². The Labute approximate surface area is 120 Å². The van der Waals surface area contributed by atoms with Crippen molar-refractivity contribution in [2.24, 2.45) is 0 Å². The van der Waals surface area contributed by atoms with Gasteiger partial charge in [0.25, 0.3) is 0 Å². The van der Waals surface area contributed by atoms with Gasteiger partial charge >= 0.3 is 0 Å². The lowest BCUT2D eigenvalue weighted by Crippen LogP contribution is -2.60. The highest BCUT2D eigenvalue weighted by Crippen LogP contribution is 2.18. The molecule has 110 valence electrons. The molecule has 1 aliphatic rings. The van der Waals surface area contributed by atoms with E-state index in [0.717, 1.165) is 31.7 Å². The van der Waals surface area contributed by atoms with E-state index >= 15 is 0 Å². The van der Waals surface area contributed by atoms with Gasteiger partial charge in [-0.3, -0.25) is 14.7 Å². The van der Waals surface area contributed by atoms with Gasteiger partial charge in [0.05, 0.1) is 11.6 Å². The quantitative estimate of drug-likeness (QED) is 0.859. The number of amides is 1. The highest BCUT2D eigenvalue weighted by molar-refractivity contribution is 5.85. The first-order valence-corrected chi connectivity index (χ1v) is 7.18. The van der Waals surface area contributed by atoms with Gasteiger partial charge in [0.1, 0.15) is 0 Å². The van der Waals surface area contributed by atoms with E-state index in [1.807, 2.05) is 32.9 Å². The van der Waals surface area contributed by atoms with Gasteiger partial charge in [-0.25, -0.2) is 0 Å². The van der Waals surface area contributed by atoms with Crippen LogP contribution in [0.3, 0.4) is 0 Å². The maximum Gasteiger partial charge on any atom is 0.240 e. The summed E-state index contributed by atoms with van der Waals surface area (Å²) in [6, 6.07) is 3.86. The summed E-state index contributed by atoms with van der Waals surface area (Å²) in [7, 11) is 0. The molecule has 1 aromatic heterocycles. The molecule has 0 aromatic carbocycles. The van der Waals surface area contributed by atoms with E-state index in [0.29, 0.717) is 0 Å². The van der Waals surface area contributed by atoms with E-state index in [-0.39, 0.29) is 11.9 Å². The molecule has 0 radical (unpaired) electrons. The van der Waals surface area contributed by atoms with Gasteiger partial charge in [0.15, 0.2) is 0 Å². The number of carbonyl (C=O) groups is 1. The van der Waals surface area contributed by atoms with Crippen LogP contribution in [0.2, 0.25) is 0 Å². The second kappa shape index (κ2) is 6.33. The maximum atomic E-state index is 12.6. The number of carbonyl (C=O) groups excluding carboxylic acids is 1. The Kier molecular flexibility index (Phi) is 4.73. The first-order chi connectivity index (χ1) is 9.51. The van der Waals surface area contributed by atoms with Gasteiger partial charge in [-0.2, -0.15) is 0 Å². The lowest BCUT2D eigenvalue weighted by atomic mass is 9.99. The summed E-state index contributed by atoms with van der Waals surface area (Å²) < 4.78 is 0. The molecule has 0 unspecified atom stereocenters. The molecule has 1 aliphatic heterocycles. The predicted octanol–water partition coefficient (Wildman–Crippen LogP) is 0.943. The highest BCUT2D eigenvalue weighted by Gasteiger charge is 2.35. The Morgan fingerprint density at radius 1 is 1.35 bits per heavy atom. The van der Waals surface area contributed by atoms with Crippen LogP contribution < -0.4 is 10.6 Å². The van der Waals surface area contributed by atoms with Gasteiger partial charge in [-0.15, -0.1) is 0 Å². The highest BCUT2D eigenvalue weighted by atomic mass is 16.2. The van der Waals surface area contributed by atoms with E-state index < -0.39 is 5.54 Å². The molecule has 1 atom stereocenters. The van der Waals surface area contributed by atoms with E-state index in [4.69, 9.17) is 0 Å². The molecule has 1 amide bonds. The number of nitrogens with zero attached hydrogens (tertiary/aromatic N) is 2. The smallest absolute Gasteiger partial charge is 0.240 e. The Bertz CT molecular complexity index is 440. The molecule has 2 rings (SSSR count). The summed E-state index contributed by atoms with van der Waals surface area (Å²) in [6.45, 7) is 9.68. The molecule has 5 heteroatoms. The Morgan fingerprint density at radius 2 is 1.95 bits per heavy atom. The summed E-state index contributed by atoms with van der Waals surface area (Å²) in [6.07, 6.45) is 3.50. The number of hydrogen-bond acceptors (Lipinski definition) is 4. The van der Waals surface area contributed by atoms with E-state index in [1.165, 1.54) is 0 Å². The van der Waals surface area contributed by atoms with E-state index in [1.54, 1.807) is 12.4 Å². The Morgan fingerprint density at radius 3 is 2.55 bits per heavy atom. The molecule has 2 N–H and O–H groups in total. The van der Waals surface area contributed by atoms with E-state index in [2.05, 4.69) is 20.5 Å². The molecule has 0 spiro atoms. The minimum Gasteiger partial charge on any atom is -0.348 e. The number of piperazine rings is 1. The number of aromatic nitrogens is 1. The zero-order valence-corrected chi connectivity index (χ0v) is 12.5. The van der Waals surface area contributed by atoms with Gasteiger partial charge in [-0.05, 0) is 38.5 Å². The van der Waals surface area contributed by atoms with Crippen LogP contribution in [0.1, 0.15) is 32.4 Å². The van der Waals surface area contributed by atoms with Crippen LogP contribution in [0.15, 0.2) is 24.5 Å². The van der Waals surface area contributed by atoms with Crippen molar-refractivity contribution in [3.8, 4) is 0 Å². The summed E-state index contributed by atoms with van der Waals surface area (Å²) in [5.74, 6) is 0.0729. The fourth-order valence-electron chi connectivity index (χ4n) is 2.48. The molecule has 1 fully saturated rings. The molecule has 1 aromatic rings. The topological polar surface area (TPSA) is 57.3 Å². The normalized spacial score (nSPS) is 18.6. The number of rotatable bonds is 4. The average molecular weight is 276 g/mol. The molecule has 5 nitrogen and oxygen atoms in total. The van der Waals surface area contributed by atoms with Crippen molar-refractivity contribution >= 4 is 5.91 Å². The molecule has 1 saturated heterocycles. The van der Waals surface area contributed by atoms with Crippen LogP contribution in [0.25, 0.3) is 0 Å². The van der Waals surface area contributed by atoms with Crippen LogP contribution in [0.4, 0.5) is 0 Å². The zero-order valence-electron chi connectivity index (χ0n) is 12.5. The second-order valence-corrected chi connectivity index (χ2v) is 5.77. The molecule has 0 bridgehead atoms. The summed E-state index contributed by atoms with van der Waals surface area (Å²) >= 11 is 0. The third-order valence-electron chi connectivity index (χ3n) is 4.02. The largest absolute Gasteiger partial charge is 0.348 e. The monoisotopic (exact) mass is 276 g/mol. The minimum absolute atomic E-state index is 0.00677. The third kappa shape index (κ3) is 3.35. The lowest BCUT2D eigenvalue weighted by molar-refractivity contribution is -0.132. The first-order valence-electron chi connectivity index (χ1n) is 7.18. The number of hydrogen-bond donors (Lipinski definition) is 2. The predicted molar refractivity (Wildman–Crippen MR) is 79.3 cm³/mol. The van der Waals surface area contributed by atoms with Crippen LogP contribution in [-0.2, 0) is 4.79 Å². The van der Waals surface area contributed by atoms with Crippen molar-refractivity contribution in [1.29, 1.82) is 0 Å². The number of pyridine rings is 1. The van der Waals surface area contributed by atoms with Crippen LogP contribution in [0, 0.1) is 0 Å². The van der Waals surface area contributed by atoms with Gasteiger partial charge in [0.2, 0.25) is 5.91 Å². The van der Waals surface area contributed by atoms with Gasteiger partial charge in [-0.1, -0.05) is 0 Å². The zero-order chi connectivity index (χ0) is 14.6. The molecular weight excluding hydrogens is 252 g/mol.